The van der Waals surface area contributed by atoms with Crippen LogP contribution in [-0.2, 0) is 6.42 Å². The van der Waals surface area contributed by atoms with Crippen LogP contribution in [0.5, 0.6) is 0 Å². The van der Waals surface area contributed by atoms with Gasteiger partial charge >= 0.3 is 0 Å². The number of nitrogens with zero attached hydrogens (tertiary/aromatic N) is 1. The predicted octanol–water partition coefficient (Wildman–Crippen LogP) is 1.17. The lowest BCUT2D eigenvalue weighted by molar-refractivity contribution is 0.0994. The van der Waals surface area contributed by atoms with Crippen molar-refractivity contribution in [1.82, 2.24) is 5.48 Å². The molecule has 1 aromatic carbocycles. The number of nitrogens with one attached hydrogen (secondary N) is 1. The van der Waals surface area contributed by atoms with E-state index in [-0.39, 0.29) is 5.78 Å². The van der Waals surface area contributed by atoms with Gasteiger partial charge in [0.1, 0.15) is 0 Å². The fraction of sp³-hybridized carbons (Fsp3) is 0.273. The number of hydroxylamine groups is 1. The van der Waals surface area contributed by atoms with Crippen LogP contribution in [0.2, 0.25) is 0 Å². The minimum absolute atomic E-state index is 0.167. The quantitative estimate of drug-likeness (QED) is 0.410. The zero-order valence-electron chi connectivity index (χ0n) is 8.45. The molecule has 0 atom stereocenters. The molecule has 2 rings (SSSR count). The fourth-order valence-electron chi connectivity index (χ4n) is 1.94. The van der Waals surface area contributed by atoms with Crippen LogP contribution in [-0.4, -0.2) is 23.9 Å². The maximum Gasteiger partial charge on any atom is 0.163 e. The smallest absolute Gasteiger partial charge is 0.163 e. The number of ketones is 1. The number of amidine groups is 1. The Balaban J connectivity index is 2.55. The third-order valence-corrected chi connectivity index (χ3v) is 2.66. The Morgan fingerprint density at radius 2 is 2.27 bits per heavy atom. The molecule has 15 heavy (non-hydrogen) atoms. The summed E-state index contributed by atoms with van der Waals surface area (Å²) in [5.41, 5.74) is 4.59. The Hall–Kier alpha value is -1.68. The van der Waals surface area contributed by atoms with Crippen molar-refractivity contribution >= 4 is 11.6 Å². The lowest BCUT2D eigenvalue weighted by Crippen LogP contribution is -2.21. The van der Waals surface area contributed by atoms with Crippen LogP contribution >= 0.6 is 0 Å². The Labute approximate surface area is 87.6 Å². The van der Waals surface area contributed by atoms with Crippen molar-refractivity contribution in [3.8, 4) is 0 Å². The van der Waals surface area contributed by atoms with Gasteiger partial charge in [0.25, 0.3) is 0 Å². The Kier molecular flexibility index (Phi) is 2.51. The maximum atomic E-state index is 11.5. The molecule has 4 heteroatoms. The van der Waals surface area contributed by atoms with E-state index in [1.165, 1.54) is 0 Å². The zero-order chi connectivity index (χ0) is 10.8. The lowest BCUT2D eigenvalue weighted by atomic mass is 10.0. The first-order valence-corrected chi connectivity index (χ1v) is 4.80. The number of fused-ring (bicyclic) bond motifs is 1. The van der Waals surface area contributed by atoms with E-state index in [2.05, 4.69) is 10.5 Å². The molecule has 0 radical (unpaired) electrons. The lowest BCUT2D eigenvalue weighted by Gasteiger charge is -2.08. The summed E-state index contributed by atoms with van der Waals surface area (Å²) in [6.07, 6.45) is 1.28. The van der Waals surface area contributed by atoms with Crippen LogP contribution in [0, 0.1) is 0 Å². The summed E-state index contributed by atoms with van der Waals surface area (Å²) in [5.74, 6) is 0.571. The summed E-state index contributed by atoms with van der Waals surface area (Å²) in [6, 6.07) is 5.47. The molecule has 0 aliphatic heterocycles. The van der Waals surface area contributed by atoms with E-state index < -0.39 is 0 Å². The predicted molar refractivity (Wildman–Crippen MR) is 56.5 cm³/mol. The van der Waals surface area contributed by atoms with Crippen molar-refractivity contribution < 1.29 is 10.0 Å². The average Bonchev–Trinajstić information content (AvgIpc) is 2.64. The van der Waals surface area contributed by atoms with Gasteiger partial charge in [0.05, 0.1) is 0 Å². The number of aliphatic imine (C=N–C) groups is 1. The maximum absolute atomic E-state index is 11.5. The van der Waals surface area contributed by atoms with E-state index in [1.54, 1.807) is 13.1 Å². The zero-order valence-corrected chi connectivity index (χ0v) is 8.45. The summed E-state index contributed by atoms with van der Waals surface area (Å²) in [4.78, 5) is 15.4. The minimum Gasteiger partial charge on any atom is -0.294 e. The van der Waals surface area contributed by atoms with Gasteiger partial charge in [0, 0.05) is 24.6 Å². The number of hydrogen-bond acceptors (Lipinski definition) is 3. The second kappa shape index (κ2) is 3.82. The molecule has 0 aromatic heterocycles. The highest BCUT2D eigenvalue weighted by atomic mass is 16.5. The van der Waals surface area contributed by atoms with Crippen LogP contribution in [0.1, 0.15) is 27.9 Å². The van der Waals surface area contributed by atoms with Gasteiger partial charge < -0.3 is 0 Å². The molecule has 0 saturated heterocycles. The fourth-order valence-corrected chi connectivity index (χ4v) is 1.94. The van der Waals surface area contributed by atoms with E-state index in [9.17, 15) is 4.79 Å². The molecule has 1 aliphatic rings. The molecule has 1 aliphatic carbocycles. The van der Waals surface area contributed by atoms with Gasteiger partial charge in [-0.05, 0) is 12.0 Å². The third-order valence-electron chi connectivity index (χ3n) is 2.66. The van der Waals surface area contributed by atoms with Crippen LogP contribution in [0.15, 0.2) is 23.2 Å². The van der Waals surface area contributed by atoms with Crippen LogP contribution in [0.4, 0.5) is 0 Å². The highest BCUT2D eigenvalue weighted by Gasteiger charge is 2.23. The molecule has 2 N–H and O–H groups in total. The summed E-state index contributed by atoms with van der Waals surface area (Å²) in [5, 5.41) is 8.91. The van der Waals surface area contributed by atoms with Crippen molar-refractivity contribution in [2.45, 2.75) is 12.8 Å². The largest absolute Gasteiger partial charge is 0.294 e. The number of hydrogen-bond donors (Lipinski definition) is 2. The summed E-state index contributed by atoms with van der Waals surface area (Å²) in [6.45, 7) is 0. The molecule has 0 spiro atoms. The van der Waals surface area contributed by atoms with Crippen LogP contribution in [0.25, 0.3) is 0 Å². The van der Waals surface area contributed by atoms with E-state index >= 15 is 0 Å². The SMILES string of the molecule is CN=C(NO)c1cccc2c1CCC2=O. The number of carbonyl (C=O) groups is 1. The highest BCUT2D eigenvalue weighted by molar-refractivity contribution is 6.06. The average molecular weight is 204 g/mol. The van der Waals surface area contributed by atoms with E-state index in [0.717, 1.165) is 23.1 Å². The van der Waals surface area contributed by atoms with Gasteiger partial charge in [-0.15, -0.1) is 0 Å². The van der Waals surface area contributed by atoms with Gasteiger partial charge in [-0.25, -0.2) is 0 Å². The van der Waals surface area contributed by atoms with Gasteiger partial charge in [-0.2, -0.15) is 0 Å². The normalized spacial score (nSPS) is 15.3. The number of carbonyl (C=O) groups excluding carboxylic acids is 1. The van der Waals surface area contributed by atoms with Crippen molar-refractivity contribution in [2.75, 3.05) is 7.05 Å². The van der Waals surface area contributed by atoms with Gasteiger partial charge in [-0.3, -0.25) is 20.5 Å². The Morgan fingerprint density at radius 3 is 2.93 bits per heavy atom. The topological polar surface area (TPSA) is 61.7 Å². The summed E-state index contributed by atoms with van der Waals surface area (Å²) in [7, 11) is 1.59. The minimum atomic E-state index is 0.167. The van der Waals surface area contributed by atoms with Crippen LogP contribution in [0.3, 0.4) is 0 Å². The molecule has 0 bridgehead atoms. The first kappa shape index (κ1) is 9.86. The first-order valence-electron chi connectivity index (χ1n) is 4.80. The summed E-state index contributed by atoms with van der Waals surface area (Å²) < 4.78 is 0. The van der Waals surface area contributed by atoms with Gasteiger partial charge in [-0.1, -0.05) is 18.2 Å². The molecule has 4 nitrogen and oxygen atoms in total. The molecule has 0 unspecified atom stereocenters. The molecule has 1 aromatic rings. The Bertz CT molecular complexity index is 438. The summed E-state index contributed by atoms with van der Waals surface area (Å²) >= 11 is 0. The van der Waals surface area contributed by atoms with Crippen molar-refractivity contribution in [3.05, 3.63) is 34.9 Å². The van der Waals surface area contributed by atoms with Gasteiger partial charge in [0.2, 0.25) is 0 Å². The highest BCUT2D eigenvalue weighted by Crippen LogP contribution is 2.25. The molecule has 0 saturated carbocycles. The number of benzene rings is 1. The number of Topliss-reactive ketones (excluding diaryl/α,β-unsaturated/α-hetero) is 1. The number of rotatable bonds is 1. The monoisotopic (exact) mass is 204 g/mol. The first-order chi connectivity index (χ1) is 7.27. The standard InChI is InChI=1S/C11H12N2O2/c1-12-11(13-15)9-4-2-3-8-7(9)5-6-10(8)14/h2-4,15H,5-6H2,1H3,(H,12,13). The van der Waals surface area contributed by atoms with Crippen molar-refractivity contribution in [1.29, 1.82) is 0 Å². The Morgan fingerprint density at radius 1 is 1.47 bits per heavy atom. The molecule has 0 amide bonds. The molecule has 0 fully saturated rings. The van der Waals surface area contributed by atoms with Crippen molar-refractivity contribution in [3.63, 3.8) is 0 Å². The molecular weight excluding hydrogens is 192 g/mol. The second-order valence-electron chi connectivity index (χ2n) is 3.44. The second-order valence-corrected chi connectivity index (χ2v) is 3.44. The molecule has 0 heterocycles. The van der Waals surface area contributed by atoms with Crippen molar-refractivity contribution in [2.24, 2.45) is 4.99 Å². The third kappa shape index (κ3) is 1.53. The van der Waals surface area contributed by atoms with E-state index in [0.29, 0.717) is 12.3 Å². The molecular formula is C11H12N2O2. The van der Waals surface area contributed by atoms with E-state index in [1.807, 2.05) is 12.1 Å². The van der Waals surface area contributed by atoms with E-state index in [4.69, 9.17) is 5.21 Å². The molecule has 78 valence electrons. The van der Waals surface area contributed by atoms with Crippen LogP contribution < -0.4 is 5.48 Å². The van der Waals surface area contributed by atoms with Gasteiger partial charge in [0.15, 0.2) is 11.6 Å².